The second-order valence-corrected chi connectivity index (χ2v) is 3.73. The van der Waals surface area contributed by atoms with E-state index in [0.717, 1.165) is 12.0 Å². The lowest BCUT2D eigenvalue weighted by Crippen LogP contribution is -2.01. The third-order valence-electron chi connectivity index (χ3n) is 2.21. The quantitative estimate of drug-likeness (QED) is 0.767. The average molecular weight is 217 g/mol. The number of aliphatic hydroxyl groups excluding tert-OH is 1. The molecule has 0 bridgehead atoms. The molecule has 1 nitrogen and oxygen atoms in total. The van der Waals surface area contributed by atoms with Crippen LogP contribution >= 0.6 is 11.6 Å². The van der Waals surface area contributed by atoms with Crippen LogP contribution in [0.25, 0.3) is 0 Å². The number of aliphatic hydroxyl groups is 1. The SMILES string of the molecule is Cc1ccc(F)cc1C(O)CCCCl. The van der Waals surface area contributed by atoms with Gasteiger partial charge in [-0.3, -0.25) is 0 Å². The van der Waals surface area contributed by atoms with Gasteiger partial charge in [0.05, 0.1) is 6.10 Å². The van der Waals surface area contributed by atoms with Gasteiger partial charge in [-0.25, -0.2) is 4.39 Å². The molecule has 1 aromatic rings. The van der Waals surface area contributed by atoms with Crippen molar-refractivity contribution in [2.75, 3.05) is 5.88 Å². The van der Waals surface area contributed by atoms with Gasteiger partial charge in [-0.15, -0.1) is 11.6 Å². The fourth-order valence-electron chi connectivity index (χ4n) is 1.40. The third kappa shape index (κ3) is 2.96. The number of hydrogen-bond donors (Lipinski definition) is 1. The van der Waals surface area contributed by atoms with Crippen LogP contribution in [0.5, 0.6) is 0 Å². The molecule has 0 radical (unpaired) electrons. The summed E-state index contributed by atoms with van der Waals surface area (Å²) in [5.74, 6) is 0.210. The van der Waals surface area contributed by atoms with E-state index < -0.39 is 6.10 Å². The zero-order valence-electron chi connectivity index (χ0n) is 8.13. The Kier molecular flexibility index (Phi) is 4.36. The second-order valence-electron chi connectivity index (χ2n) is 3.35. The summed E-state index contributed by atoms with van der Waals surface area (Å²) >= 11 is 5.52. The molecule has 0 saturated carbocycles. The molecule has 1 unspecified atom stereocenters. The van der Waals surface area contributed by atoms with E-state index in [4.69, 9.17) is 11.6 Å². The first kappa shape index (κ1) is 11.5. The molecular formula is C11H14ClFO. The van der Waals surface area contributed by atoms with E-state index in [9.17, 15) is 9.50 Å². The molecule has 0 saturated heterocycles. The summed E-state index contributed by atoms with van der Waals surface area (Å²) in [5, 5.41) is 9.73. The number of aryl methyl sites for hydroxylation is 1. The first-order valence-electron chi connectivity index (χ1n) is 4.65. The van der Waals surface area contributed by atoms with Crippen molar-refractivity contribution in [3.63, 3.8) is 0 Å². The molecule has 0 amide bonds. The molecule has 0 heterocycles. The lowest BCUT2D eigenvalue weighted by molar-refractivity contribution is 0.165. The maximum Gasteiger partial charge on any atom is 0.123 e. The summed E-state index contributed by atoms with van der Waals surface area (Å²) in [4.78, 5) is 0. The zero-order chi connectivity index (χ0) is 10.6. The highest BCUT2D eigenvalue weighted by molar-refractivity contribution is 6.17. The van der Waals surface area contributed by atoms with E-state index in [2.05, 4.69) is 0 Å². The lowest BCUT2D eigenvalue weighted by atomic mass is 10.0. The lowest BCUT2D eigenvalue weighted by Gasteiger charge is -2.12. The van der Waals surface area contributed by atoms with Crippen molar-refractivity contribution in [1.82, 2.24) is 0 Å². The Morgan fingerprint density at radius 3 is 2.86 bits per heavy atom. The largest absolute Gasteiger partial charge is 0.388 e. The molecule has 1 N–H and O–H groups in total. The Hall–Kier alpha value is -0.600. The molecule has 0 aliphatic rings. The van der Waals surface area contributed by atoms with Gasteiger partial charge < -0.3 is 5.11 Å². The van der Waals surface area contributed by atoms with Gasteiger partial charge in [-0.1, -0.05) is 6.07 Å². The van der Waals surface area contributed by atoms with Gasteiger partial charge in [0.2, 0.25) is 0 Å². The van der Waals surface area contributed by atoms with Crippen molar-refractivity contribution in [3.05, 3.63) is 35.1 Å². The molecule has 3 heteroatoms. The van der Waals surface area contributed by atoms with Gasteiger partial charge in [0.1, 0.15) is 5.82 Å². The summed E-state index contributed by atoms with van der Waals surface area (Å²) in [7, 11) is 0. The summed E-state index contributed by atoms with van der Waals surface area (Å²) in [5.41, 5.74) is 1.57. The van der Waals surface area contributed by atoms with Crippen LogP contribution in [0.4, 0.5) is 4.39 Å². The predicted octanol–water partition coefficient (Wildman–Crippen LogP) is 3.19. The van der Waals surface area contributed by atoms with E-state index in [-0.39, 0.29) is 5.82 Å². The Bertz CT molecular complexity index is 301. The molecule has 0 fully saturated rings. The highest BCUT2D eigenvalue weighted by Gasteiger charge is 2.10. The Morgan fingerprint density at radius 1 is 1.50 bits per heavy atom. The fourth-order valence-corrected chi connectivity index (χ4v) is 1.55. The number of alkyl halides is 1. The van der Waals surface area contributed by atoms with E-state index >= 15 is 0 Å². The summed E-state index contributed by atoms with van der Waals surface area (Å²) < 4.78 is 12.9. The van der Waals surface area contributed by atoms with Gasteiger partial charge in [-0.05, 0) is 43.0 Å². The van der Waals surface area contributed by atoms with Crippen molar-refractivity contribution < 1.29 is 9.50 Å². The maximum atomic E-state index is 12.9. The van der Waals surface area contributed by atoms with Crippen LogP contribution in [0.15, 0.2) is 18.2 Å². The smallest absolute Gasteiger partial charge is 0.123 e. The van der Waals surface area contributed by atoms with Crippen LogP contribution in [0.3, 0.4) is 0 Å². The minimum Gasteiger partial charge on any atom is -0.388 e. The minimum atomic E-state index is -0.607. The highest BCUT2D eigenvalue weighted by atomic mass is 35.5. The van der Waals surface area contributed by atoms with Crippen LogP contribution < -0.4 is 0 Å². The zero-order valence-corrected chi connectivity index (χ0v) is 8.89. The van der Waals surface area contributed by atoms with E-state index in [1.165, 1.54) is 12.1 Å². The molecule has 1 atom stereocenters. The average Bonchev–Trinajstić information content (AvgIpc) is 2.18. The van der Waals surface area contributed by atoms with Crippen molar-refractivity contribution in [3.8, 4) is 0 Å². The Labute approximate surface area is 88.5 Å². The van der Waals surface area contributed by atoms with E-state index in [1.807, 2.05) is 6.92 Å². The molecule has 0 spiro atoms. The van der Waals surface area contributed by atoms with Crippen LogP contribution in [0.1, 0.15) is 30.1 Å². The van der Waals surface area contributed by atoms with Gasteiger partial charge in [0.15, 0.2) is 0 Å². The second kappa shape index (κ2) is 5.32. The summed E-state index contributed by atoms with van der Waals surface area (Å²) in [6.07, 6.45) is 0.705. The van der Waals surface area contributed by atoms with Crippen molar-refractivity contribution >= 4 is 11.6 Å². The minimum absolute atomic E-state index is 0.310. The molecular weight excluding hydrogens is 203 g/mol. The fraction of sp³-hybridized carbons (Fsp3) is 0.455. The van der Waals surface area contributed by atoms with Gasteiger partial charge in [0.25, 0.3) is 0 Å². The van der Waals surface area contributed by atoms with Crippen molar-refractivity contribution in [1.29, 1.82) is 0 Å². The van der Waals surface area contributed by atoms with Gasteiger partial charge in [0, 0.05) is 5.88 Å². The molecule has 0 aromatic heterocycles. The Balaban J connectivity index is 2.77. The first-order valence-corrected chi connectivity index (χ1v) is 5.18. The van der Waals surface area contributed by atoms with Crippen molar-refractivity contribution in [2.45, 2.75) is 25.9 Å². The van der Waals surface area contributed by atoms with E-state index in [0.29, 0.717) is 17.9 Å². The molecule has 1 aromatic carbocycles. The number of halogens is 2. The van der Waals surface area contributed by atoms with Crippen LogP contribution in [-0.4, -0.2) is 11.0 Å². The van der Waals surface area contributed by atoms with Crippen LogP contribution in [-0.2, 0) is 0 Å². The maximum absolute atomic E-state index is 12.9. The normalized spacial score (nSPS) is 12.9. The number of rotatable bonds is 4. The number of benzene rings is 1. The molecule has 0 aliphatic carbocycles. The van der Waals surface area contributed by atoms with E-state index in [1.54, 1.807) is 6.07 Å². The summed E-state index contributed by atoms with van der Waals surface area (Å²) in [6.45, 7) is 1.86. The first-order chi connectivity index (χ1) is 6.65. The van der Waals surface area contributed by atoms with Crippen LogP contribution in [0.2, 0.25) is 0 Å². The van der Waals surface area contributed by atoms with Gasteiger partial charge in [-0.2, -0.15) is 0 Å². The van der Waals surface area contributed by atoms with Crippen molar-refractivity contribution in [2.24, 2.45) is 0 Å². The highest BCUT2D eigenvalue weighted by Crippen LogP contribution is 2.22. The monoisotopic (exact) mass is 216 g/mol. The topological polar surface area (TPSA) is 20.2 Å². The predicted molar refractivity (Wildman–Crippen MR) is 56.1 cm³/mol. The van der Waals surface area contributed by atoms with Gasteiger partial charge >= 0.3 is 0 Å². The molecule has 0 aliphatic heterocycles. The summed E-state index contributed by atoms with van der Waals surface area (Å²) in [6, 6.07) is 4.45. The molecule has 1 rings (SSSR count). The molecule has 78 valence electrons. The number of hydrogen-bond acceptors (Lipinski definition) is 1. The van der Waals surface area contributed by atoms with Crippen LogP contribution in [0, 0.1) is 12.7 Å². The Morgan fingerprint density at radius 2 is 2.21 bits per heavy atom. The third-order valence-corrected chi connectivity index (χ3v) is 2.48. The molecule has 14 heavy (non-hydrogen) atoms. The standard InChI is InChI=1S/C11H14ClFO/c1-8-4-5-9(13)7-10(8)11(14)3-2-6-12/h4-5,7,11,14H,2-3,6H2,1H3.